The fraction of sp³-hybridized carbons (Fsp3) is 0.400. The number of rotatable bonds is 5. The van der Waals surface area contributed by atoms with Crippen molar-refractivity contribution in [1.29, 1.82) is 0 Å². The van der Waals surface area contributed by atoms with Gasteiger partial charge in [0.05, 0.1) is 30.9 Å². The van der Waals surface area contributed by atoms with Crippen molar-refractivity contribution in [1.82, 2.24) is 10.2 Å². The van der Waals surface area contributed by atoms with Crippen molar-refractivity contribution < 1.29 is 14.3 Å². The SMILES string of the molecule is CCCC1=C(C(=O)OCC)C(c2cccc3c2OCC3)c2cn[nH]c2N1. The molecule has 0 amide bonds. The quantitative estimate of drug-likeness (QED) is 0.805. The third kappa shape index (κ3) is 2.66. The number of para-hydroxylation sites is 1. The molecule has 1 aromatic heterocycles. The van der Waals surface area contributed by atoms with Gasteiger partial charge in [-0.2, -0.15) is 5.10 Å². The van der Waals surface area contributed by atoms with Crippen LogP contribution in [0.3, 0.4) is 0 Å². The van der Waals surface area contributed by atoms with E-state index in [0.717, 1.165) is 47.7 Å². The molecule has 6 heteroatoms. The van der Waals surface area contributed by atoms with Gasteiger partial charge in [0.1, 0.15) is 11.6 Å². The van der Waals surface area contributed by atoms with Crippen LogP contribution in [0, 0.1) is 0 Å². The Morgan fingerprint density at radius 3 is 3.04 bits per heavy atom. The van der Waals surface area contributed by atoms with Crippen LogP contribution in [0.2, 0.25) is 0 Å². The third-order valence-corrected chi connectivity index (χ3v) is 4.92. The lowest BCUT2D eigenvalue weighted by molar-refractivity contribution is -0.138. The van der Waals surface area contributed by atoms with Crippen molar-refractivity contribution in [2.45, 2.75) is 39.0 Å². The van der Waals surface area contributed by atoms with Crippen molar-refractivity contribution >= 4 is 11.8 Å². The summed E-state index contributed by atoms with van der Waals surface area (Å²) in [6.45, 7) is 4.94. The number of hydrogen-bond donors (Lipinski definition) is 2. The molecule has 0 saturated carbocycles. The second-order valence-corrected chi connectivity index (χ2v) is 6.56. The molecule has 2 aromatic rings. The van der Waals surface area contributed by atoms with Crippen molar-refractivity contribution in [3.05, 3.63) is 52.4 Å². The minimum absolute atomic E-state index is 0.251. The summed E-state index contributed by atoms with van der Waals surface area (Å²) in [6, 6.07) is 6.16. The van der Waals surface area contributed by atoms with Crippen LogP contribution in [0.1, 0.15) is 49.3 Å². The Labute approximate surface area is 152 Å². The number of nitrogens with one attached hydrogen (secondary N) is 2. The summed E-state index contributed by atoms with van der Waals surface area (Å²) in [7, 11) is 0. The second kappa shape index (κ2) is 6.86. The summed E-state index contributed by atoms with van der Waals surface area (Å²) >= 11 is 0. The van der Waals surface area contributed by atoms with Crippen molar-refractivity contribution in [2.24, 2.45) is 0 Å². The van der Waals surface area contributed by atoms with Gasteiger partial charge in [-0.05, 0) is 18.9 Å². The fourth-order valence-electron chi connectivity index (χ4n) is 3.85. The Bertz CT molecular complexity index is 869. The van der Waals surface area contributed by atoms with Crippen LogP contribution in [0.25, 0.3) is 0 Å². The maximum Gasteiger partial charge on any atom is 0.336 e. The third-order valence-electron chi connectivity index (χ3n) is 4.92. The van der Waals surface area contributed by atoms with E-state index in [2.05, 4.69) is 28.5 Å². The number of carbonyl (C=O) groups is 1. The number of aromatic nitrogens is 2. The van der Waals surface area contributed by atoms with E-state index in [0.29, 0.717) is 18.8 Å². The highest BCUT2D eigenvalue weighted by atomic mass is 16.5. The zero-order valence-electron chi connectivity index (χ0n) is 15.1. The summed E-state index contributed by atoms with van der Waals surface area (Å²) in [5, 5.41) is 10.6. The largest absolute Gasteiger partial charge is 0.493 e. The maximum absolute atomic E-state index is 12.9. The van der Waals surface area contributed by atoms with E-state index in [9.17, 15) is 4.79 Å². The lowest BCUT2D eigenvalue weighted by Gasteiger charge is -2.29. The van der Waals surface area contributed by atoms with Gasteiger partial charge in [-0.15, -0.1) is 0 Å². The maximum atomic E-state index is 12.9. The lowest BCUT2D eigenvalue weighted by atomic mass is 9.81. The van der Waals surface area contributed by atoms with Crippen LogP contribution in [0.5, 0.6) is 5.75 Å². The molecule has 3 heterocycles. The first-order valence-electron chi connectivity index (χ1n) is 9.19. The average Bonchev–Trinajstić information content (AvgIpc) is 3.29. The number of H-pyrrole nitrogens is 1. The van der Waals surface area contributed by atoms with Crippen LogP contribution in [-0.4, -0.2) is 29.4 Å². The van der Waals surface area contributed by atoms with Gasteiger partial charge in [-0.25, -0.2) is 4.79 Å². The first-order chi connectivity index (χ1) is 12.7. The molecular formula is C20H23N3O3. The molecule has 2 N–H and O–H groups in total. The van der Waals surface area contributed by atoms with Crippen molar-refractivity contribution in [2.75, 3.05) is 18.5 Å². The minimum atomic E-state index is -0.282. The first kappa shape index (κ1) is 16.7. The lowest BCUT2D eigenvalue weighted by Crippen LogP contribution is -2.25. The van der Waals surface area contributed by atoms with E-state index in [1.54, 1.807) is 6.20 Å². The van der Waals surface area contributed by atoms with Gasteiger partial charge in [-0.1, -0.05) is 31.5 Å². The number of allylic oxidation sites excluding steroid dienone is 1. The average molecular weight is 353 g/mol. The van der Waals surface area contributed by atoms with Gasteiger partial charge < -0.3 is 14.8 Å². The van der Waals surface area contributed by atoms with Crippen LogP contribution in [-0.2, 0) is 16.0 Å². The molecule has 0 spiro atoms. The van der Waals surface area contributed by atoms with Crippen molar-refractivity contribution in [3.63, 3.8) is 0 Å². The van der Waals surface area contributed by atoms with Gasteiger partial charge >= 0.3 is 5.97 Å². The topological polar surface area (TPSA) is 76.2 Å². The summed E-state index contributed by atoms with van der Waals surface area (Å²) < 4.78 is 11.3. The molecule has 2 aliphatic heterocycles. The predicted molar refractivity (Wildman–Crippen MR) is 98.3 cm³/mol. The summed E-state index contributed by atoms with van der Waals surface area (Å²) in [5.74, 6) is 1.20. The molecule has 1 atom stereocenters. The van der Waals surface area contributed by atoms with Crippen LogP contribution < -0.4 is 10.1 Å². The van der Waals surface area contributed by atoms with E-state index in [-0.39, 0.29) is 11.9 Å². The number of ether oxygens (including phenoxy) is 2. The summed E-state index contributed by atoms with van der Waals surface area (Å²) in [5.41, 5.74) is 4.68. The zero-order valence-corrected chi connectivity index (χ0v) is 15.1. The Kier molecular flexibility index (Phi) is 4.41. The molecule has 1 unspecified atom stereocenters. The number of esters is 1. The number of aromatic amines is 1. The molecule has 26 heavy (non-hydrogen) atoms. The number of hydrogen-bond acceptors (Lipinski definition) is 5. The molecule has 6 nitrogen and oxygen atoms in total. The van der Waals surface area contributed by atoms with Gasteiger partial charge in [0.25, 0.3) is 0 Å². The van der Waals surface area contributed by atoms with Crippen LogP contribution in [0.15, 0.2) is 35.7 Å². The predicted octanol–water partition coefficient (Wildman–Crippen LogP) is 3.52. The first-order valence-corrected chi connectivity index (χ1v) is 9.19. The van der Waals surface area contributed by atoms with Gasteiger partial charge in [0.2, 0.25) is 0 Å². The normalized spacial score (nSPS) is 18.0. The Hall–Kier alpha value is -2.76. The molecule has 0 saturated heterocycles. The highest BCUT2D eigenvalue weighted by Crippen LogP contribution is 2.46. The van der Waals surface area contributed by atoms with Crippen LogP contribution >= 0.6 is 0 Å². The van der Waals surface area contributed by atoms with Gasteiger partial charge in [-0.3, -0.25) is 5.10 Å². The molecular weight excluding hydrogens is 330 g/mol. The van der Waals surface area contributed by atoms with E-state index in [4.69, 9.17) is 9.47 Å². The fourth-order valence-corrected chi connectivity index (χ4v) is 3.85. The van der Waals surface area contributed by atoms with E-state index in [1.165, 1.54) is 5.56 Å². The van der Waals surface area contributed by atoms with Gasteiger partial charge in [0.15, 0.2) is 0 Å². The molecule has 0 bridgehead atoms. The summed E-state index contributed by atoms with van der Waals surface area (Å²) in [6.07, 6.45) is 4.36. The zero-order chi connectivity index (χ0) is 18.1. The number of carbonyl (C=O) groups excluding carboxylic acids is 1. The molecule has 2 aliphatic rings. The number of anilines is 1. The number of benzene rings is 1. The van der Waals surface area contributed by atoms with E-state index in [1.807, 2.05) is 19.1 Å². The molecule has 0 aliphatic carbocycles. The van der Waals surface area contributed by atoms with Crippen molar-refractivity contribution in [3.8, 4) is 5.75 Å². The van der Waals surface area contributed by atoms with E-state index < -0.39 is 0 Å². The second-order valence-electron chi connectivity index (χ2n) is 6.56. The standard InChI is InChI=1S/C20H23N3O3/c1-3-6-15-17(20(24)25-4-2)16(14-11-21-23-19(14)22-15)13-8-5-7-12-9-10-26-18(12)13/h5,7-8,11,16H,3-4,6,9-10H2,1-2H3,(H2,21,22,23). The van der Waals surface area contributed by atoms with Gasteiger partial charge in [0, 0.05) is 23.2 Å². The van der Waals surface area contributed by atoms with Crippen LogP contribution in [0.4, 0.5) is 5.82 Å². The summed E-state index contributed by atoms with van der Waals surface area (Å²) in [4.78, 5) is 12.9. The smallest absolute Gasteiger partial charge is 0.336 e. The minimum Gasteiger partial charge on any atom is -0.493 e. The molecule has 4 rings (SSSR count). The Morgan fingerprint density at radius 2 is 2.23 bits per heavy atom. The number of fused-ring (bicyclic) bond motifs is 2. The molecule has 1 aromatic carbocycles. The molecule has 0 radical (unpaired) electrons. The monoisotopic (exact) mass is 353 g/mol. The highest BCUT2D eigenvalue weighted by molar-refractivity contribution is 5.94. The number of nitrogens with zero attached hydrogens (tertiary/aromatic N) is 1. The van der Waals surface area contributed by atoms with E-state index >= 15 is 0 Å². The Morgan fingerprint density at radius 1 is 1.35 bits per heavy atom. The highest BCUT2D eigenvalue weighted by Gasteiger charge is 2.37. The molecule has 136 valence electrons. The molecule has 0 fully saturated rings. The Balaban J connectivity index is 1.91.